The number of benzene rings is 2. The lowest BCUT2D eigenvalue weighted by Gasteiger charge is -2.19. The lowest BCUT2D eigenvalue weighted by molar-refractivity contribution is -0.119. The fourth-order valence-corrected chi connectivity index (χ4v) is 2.57. The van der Waals surface area contributed by atoms with E-state index in [1.807, 2.05) is 6.92 Å². The summed E-state index contributed by atoms with van der Waals surface area (Å²) in [7, 11) is 2.88. The summed E-state index contributed by atoms with van der Waals surface area (Å²) in [5, 5.41) is 5.54. The Morgan fingerprint density at radius 1 is 0.828 bits per heavy atom. The molecule has 0 spiro atoms. The summed E-state index contributed by atoms with van der Waals surface area (Å²) in [6.45, 7) is 2.55. The number of hydrogen-bond acceptors (Lipinski definition) is 6. The number of carbonyl (C=O) groups is 3. The molecule has 0 heterocycles. The first-order chi connectivity index (χ1) is 13.9. The maximum absolute atomic E-state index is 12.3. The molecule has 2 aromatic rings. The van der Waals surface area contributed by atoms with Gasteiger partial charge in [0.15, 0.2) is 0 Å². The molecular formula is C21H25N3O5. The summed E-state index contributed by atoms with van der Waals surface area (Å²) in [6, 6.07) is 13.4. The highest BCUT2D eigenvalue weighted by Crippen LogP contribution is 2.15. The Morgan fingerprint density at radius 3 is 1.72 bits per heavy atom. The van der Waals surface area contributed by atoms with E-state index in [1.165, 1.54) is 7.11 Å². The molecule has 0 aliphatic carbocycles. The Bertz CT molecular complexity index is 834. The molecule has 8 heteroatoms. The second-order valence-corrected chi connectivity index (χ2v) is 6.20. The number of nitrogens with one attached hydrogen (secondary N) is 2. The normalized spacial score (nSPS) is 10.3. The number of methoxy groups -OCH3 is 2. The van der Waals surface area contributed by atoms with Crippen molar-refractivity contribution >= 4 is 29.2 Å². The minimum Gasteiger partial charge on any atom is -0.497 e. The van der Waals surface area contributed by atoms with Gasteiger partial charge in [-0.3, -0.25) is 14.5 Å². The van der Waals surface area contributed by atoms with E-state index >= 15 is 0 Å². The lowest BCUT2D eigenvalue weighted by atomic mass is 10.2. The maximum atomic E-state index is 12.3. The molecule has 154 valence electrons. The zero-order valence-electron chi connectivity index (χ0n) is 16.7. The van der Waals surface area contributed by atoms with Crippen molar-refractivity contribution in [1.29, 1.82) is 0 Å². The van der Waals surface area contributed by atoms with Crippen LogP contribution >= 0.6 is 0 Å². The van der Waals surface area contributed by atoms with Gasteiger partial charge in [-0.05, 0) is 55.1 Å². The second kappa shape index (κ2) is 10.8. The van der Waals surface area contributed by atoms with Crippen molar-refractivity contribution in [2.45, 2.75) is 6.92 Å². The standard InChI is InChI=1S/C21H25N3O5/c1-4-24(14-20(26)23-17-9-11-18(28-2)12-10-17)13-19(25)22-16-7-5-15(6-8-16)21(27)29-3/h5-12H,4,13-14H2,1-3H3,(H,22,25)(H,23,26). The number of ether oxygens (including phenoxy) is 2. The SMILES string of the molecule is CCN(CC(=O)Nc1ccc(OC)cc1)CC(=O)Nc1ccc(C(=O)OC)cc1. The Labute approximate surface area is 169 Å². The molecule has 8 nitrogen and oxygen atoms in total. The van der Waals surface area contributed by atoms with Gasteiger partial charge >= 0.3 is 5.97 Å². The van der Waals surface area contributed by atoms with Crippen LogP contribution in [0.15, 0.2) is 48.5 Å². The molecule has 0 aromatic heterocycles. The van der Waals surface area contributed by atoms with Crippen LogP contribution in [0, 0.1) is 0 Å². The Kier molecular flexibility index (Phi) is 8.17. The summed E-state index contributed by atoms with van der Waals surface area (Å²) in [5.41, 5.74) is 1.61. The molecule has 0 saturated heterocycles. The zero-order chi connectivity index (χ0) is 21.2. The smallest absolute Gasteiger partial charge is 0.337 e. The highest BCUT2D eigenvalue weighted by molar-refractivity contribution is 5.95. The van der Waals surface area contributed by atoms with E-state index in [1.54, 1.807) is 60.5 Å². The fourth-order valence-electron chi connectivity index (χ4n) is 2.57. The minimum absolute atomic E-state index is 0.0608. The molecule has 0 radical (unpaired) electrons. The molecule has 0 fully saturated rings. The van der Waals surface area contributed by atoms with Crippen molar-refractivity contribution in [3.8, 4) is 5.75 Å². The van der Waals surface area contributed by atoms with E-state index in [4.69, 9.17) is 4.74 Å². The van der Waals surface area contributed by atoms with Crippen LogP contribution < -0.4 is 15.4 Å². The van der Waals surface area contributed by atoms with E-state index in [0.29, 0.717) is 29.2 Å². The van der Waals surface area contributed by atoms with Crippen LogP contribution in [-0.2, 0) is 14.3 Å². The Balaban J connectivity index is 1.85. The first-order valence-electron chi connectivity index (χ1n) is 9.09. The Morgan fingerprint density at radius 2 is 1.31 bits per heavy atom. The molecule has 0 bridgehead atoms. The first-order valence-corrected chi connectivity index (χ1v) is 9.09. The monoisotopic (exact) mass is 399 g/mol. The van der Waals surface area contributed by atoms with E-state index < -0.39 is 5.97 Å². The van der Waals surface area contributed by atoms with Crippen LogP contribution in [0.3, 0.4) is 0 Å². The molecule has 0 saturated carbocycles. The summed E-state index contributed by atoms with van der Waals surface area (Å²) >= 11 is 0. The molecule has 29 heavy (non-hydrogen) atoms. The van der Waals surface area contributed by atoms with Gasteiger partial charge in [0, 0.05) is 11.4 Å². The summed E-state index contributed by atoms with van der Waals surface area (Å²) in [6.07, 6.45) is 0. The molecule has 0 aliphatic rings. The van der Waals surface area contributed by atoms with Crippen LogP contribution in [0.25, 0.3) is 0 Å². The summed E-state index contributed by atoms with van der Waals surface area (Å²) in [4.78, 5) is 37.7. The highest BCUT2D eigenvalue weighted by atomic mass is 16.5. The van der Waals surface area contributed by atoms with Crippen molar-refractivity contribution in [3.63, 3.8) is 0 Å². The third-order valence-electron chi connectivity index (χ3n) is 4.15. The molecule has 2 amide bonds. The van der Waals surface area contributed by atoms with Crippen LogP contribution in [0.2, 0.25) is 0 Å². The number of likely N-dealkylation sites (N-methyl/N-ethyl adjacent to an activating group) is 1. The number of anilines is 2. The van der Waals surface area contributed by atoms with Crippen molar-refractivity contribution in [3.05, 3.63) is 54.1 Å². The second-order valence-electron chi connectivity index (χ2n) is 6.20. The van der Waals surface area contributed by atoms with Gasteiger partial charge in [0.05, 0.1) is 32.9 Å². The number of rotatable bonds is 9. The topological polar surface area (TPSA) is 97.0 Å². The molecule has 0 atom stereocenters. The van der Waals surface area contributed by atoms with Gasteiger partial charge in [-0.1, -0.05) is 6.92 Å². The van der Waals surface area contributed by atoms with E-state index in [-0.39, 0.29) is 24.9 Å². The quantitative estimate of drug-likeness (QED) is 0.629. The summed E-state index contributed by atoms with van der Waals surface area (Å²) < 4.78 is 9.72. The molecule has 2 rings (SSSR count). The van der Waals surface area contributed by atoms with Gasteiger partial charge in [-0.2, -0.15) is 0 Å². The van der Waals surface area contributed by atoms with Gasteiger partial charge in [-0.25, -0.2) is 4.79 Å². The van der Waals surface area contributed by atoms with E-state index in [9.17, 15) is 14.4 Å². The lowest BCUT2D eigenvalue weighted by Crippen LogP contribution is -2.38. The minimum atomic E-state index is -0.442. The third kappa shape index (κ3) is 6.93. The predicted molar refractivity (Wildman–Crippen MR) is 110 cm³/mol. The van der Waals surface area contributed by atoms with Crippen LogP contribution in [0.5, 0.6) is 5.75 Å². The molecule has 2 N–H and O–H groups in total. The number of esters is 1. The molecule has 0 unspecified atom stereocenters. The van der Waals surface area contributed by atoms with Gasteiger partial charge in [0.25, 0.3) is 0 Å². The average molecular weight is 399 g/mol. The third-order valence-corrected chi connectivity index (χ3v) is 4.15. The van der Waals surface area contributed by atoms with Crippen molar-refractivity contribution in [1.82, 2.24) is 4.90 Å². The number of nitrogens with zero attached hydrogens (tertiary/aromatic N) is 1. The van der Waals surface area contributed by atoms with Gasteiger partial charge < -0.3 is 20.1 Å². The number of hydrogen-bond donors (Lipinski definition) is 2. The largest absolute Gasteiger partial charge is 0.497 e. The van der Waals surface area contributed by atoms with Crippen LogP contribution in [-0.4, -0.2) is 56.5 Å². The molecule has 2 aromatic carbocycles. The van der Waals surface area contributed by atoms with Crippen molar-refractivity contribution < 1.29 is 23.9 Å². The van der Waals surface area contributed by atoms with E-state index in [2.05, 4.69) is 15.4 Å². The summed E-state index contributed by atoms with van der Waals surface area (Å²) in [5.74, 6) is -0.209. The number of amides is 2. The van der Waals surface area contributed by atoms with Crippen molar-refractivity contribution in [2.75, 3.05) is 44.5 Å². The predicted octanol–water partition coefficient (Wildman–Crippen LogP) is 2.38. The van der Waals surface area contributed by atoms with Crippen LogP contribution in [0.1, 0.15) is 17.3 Å². The van der Waals surface area contributed by atoms with Gasteiger partial charge in [-0.15, -0.1) is 0 Å². The van der Waals surface area contributed by atoms with Gasteiger partial charge in [0.1, 0.15) is 5.75 Å². The van der Waals surface area contributed by atoms with Gasteiger partial charge in [0.2, 0.25) is 11.8 Å². The highest BCUT2D eigenvalue weighted by Gasteiger charge is 2.14. The Hall–Kier alpha value is -3.39. The molecule has 0 aliphatic heterocycles. The molecular weight excluding hydrogens is 374 g/mol. The first kappa shape index (κ1) is 21.9. The number of carbonyl (C=O) groups excluding carboxylic acids is 3. The fraction of sp³-hybridized carbons (Fsp3) is 0.286. The average Bonchev–Trinajstić information content (AvgIpc) is 2.73. The van der Waals surface area contributed by atoms with E-state index in [0.717, 1.165) is 0 Å². The zero-order valence-corrected chi connectivity index (χ0v) is 16.7. The van der Waals surface area contributed by atoms with Crippen LogP contribution in [0.4, 0.5) is 11.4 Å². The van der Waals surface area contributed by atoms with Crippen molar-refractivity contribution in [2.24, 2.45) is 0 Å². The maximum Gasteiger partial charge on any atom is 0.337 e.